The molecule has 1 heterocycles. The molecule has 0 saturated carbocycles. The molecular weight excluding hydrogens is 294 g/mol. The smallest absolute Gasteiger partial charge is 0.187 e. The Morgan fingerprint density at radius 1 is 1.40 bits per heavy atom. The second kappa shape index (κ2) is 6.32. The van der Waals surface area contributed by atoms with Crippen molar-refractivity contribution in [1.82, 2.24) is 10.7 Å². The zero-order valence-electron chi connectivity index (χ0n) is 11.2. The molecule has 20 heavy (non-hydrogen) atoms. The molecular formula is C13H17N3O2S2. The molecule has 108 valence electrons. The number of benzene rings is 1. The van der Waals surface area contributed by atoms with Gasteiger partial charge >= 0.3 is 0 Å². The molecule has 1 aliphatic heterocycles. The fraction of sp³-hybridized carbons (Fsp3) is 0.385. The van der Waals surface area contributed by atoms with Gasteiger partial charge in [0.05, 0.1) is 17.7 Å². The van der Waals surface area contributed by atoms with Crippen molar-refractivity contribution in [2.24, 2.45) is 5.10 Å². The van der Waals surface area contributed by atoms with E-state index in [2.05, 4.69) is 15.8 Å². The molecule has 1 aliphatic rings. The molecule has 1 fully saturated rings. The molecule has 0 unspecified atom stereocenters. The molecule has 0 aliphatic carbocycles. The number of nitrogens with one attached hydrogen (secondary N) is 2. The van der Waals surface area contributed by atoms with Gasteiger partial charge in [0, 0.05) is 6.04 Å². The van der Waals surface area contributed by atoms with Gasteiger partial charge in [-0.2, -0.15) is 5.10 Å². The van der Waals surface area contributed by atoms with Crippen molar-refractivity contribution >= 4 is 33.4 Å². The van der Waals surface area contributed by atoms with Crippen molar-refractivity contribution in [2.45, 2.75) is 19.4 Å². The van der Waals surface area contributed by atoms with Crippen molar-refractivity contribution in [1.29, 1.82) is 0 Å². The minimum atomic E-state index is -2.90. The number of nitrogens with zero attached hydrogens (tertiary/aromatic N) is 1. The van der Waals surface area contributed by atoms with E-state index >= 15 is 0 Å². The van der Waals surface area contributed by atoms with Gasteiger partial charge in [-0.3, -0.25) is 5.43 Å². The highest BCUT2D eigenvalue weighted by atomic mass is 32.2. The highest BCUT2D eigenvalue weighted by Crippen LogP contribution is 2.10. The summed E-state index contributed by atoms with van der Waals surface area (Å²) in [4.78, 5) is 0. The lowest BCUT2D eigenvalue weighted by Crippen LogP contribution is -2.40. The van der Waals surface area contributed by atoms with Gasteiger partial charge in [0.15, 0.2) is 14.9 Å². The maximum absolute atomic E-state index is 11.3. The minimum Gasteiger partial charge on any atom is -0.358 e. The molecule has 0 bridgehead atoms. The third-order valence-electron chi connectivity index (χ3n) is 3.02. The Labute approximate surface area is 124 Å². The largest absolute Gasteiger partial charge is 0.358 e. The number of sulfone groups is 1. The number of hydrazone groups is 1. The van der Waals surface area contributed by atoms with Gasteiger partial charge in [-0.05, 0) is 31.1 Å². The Morgan fingerprint density at radius 3 is 2.70 bits per heavy atom. The summed E-state index contributed by atoms with van der Waals surface area (Å²) in [6.45, 7) is 2.02. The van der Waals surface area contributed by atoms with Crippen molar-refractivity contribution in [3.8, 4) is 0 Å². The third kappa shape index (κ3) is 4.57. The highest BCUT2D eigenvalue weighted by molar-refractivity contribution is 7.91. The molecule has 1 saturated heterocycles. The Hall–Kier alpha value is -1.47. The van der Waals surface area contributed by atoms with Crippen LogP contribution in [0.3, 0.4) is 0 Å². The monoisotopic (exact) mass is 311 g/mol. The van der Waals surface area contributed by atoms with E-state index < -0.39 is 9.84 Å². The summed E-state index contributed by atoms with van der Waals surface area (Å²) in [6, 6.07) is 7.80. The lowest BCUT2D eigenvalue weighted by atomic mass is 10.2. The molecule has 0 spiro atoms. The van der Waals surface area contributed by atoms with E-state index in [0.29, 0.717) is 11.5 Å². The zero-order chi connectivity index (χ0) is 14.6. The minimum absolute atomic E-state index is 0.116. The van der Waals surface area contributed by atoms with E-state index in [9.17, 15) is 8.42 Å². The van der Waals surface area contributed by atoms with Crippen LogP contribution >= 0.6 is 12.2 Å². The van der Waals surface area contributed by atoms with Crippen LogP contribution in [0.1, 0.15) is 17.5 Å². The standard InChI is InChI=1S/C13H17N3O2S2/c1-10-2-4-11(5-3-10)8-14-16-13(19)15-12-6-7-20(17,18)9-12/h2-5,8,12H,6-7,9H2,1H3,(H2,15,16,19)/b14-8-/t12-/m0/s1. The van der Waals surface area contributed by atoms with E-state index in [0.717, 1.165) is 5.56 Å². The van der Waals surface area contributed by atoms with E-state index in [1.807, 2.05) is 31.2 Å². The van der Waals surface area contributed by atoms with E-state index in [1.165, 1.54) is 5.56 Å². The van der Waals surface area contributed by atoms with Crippen LogP contribution in [0, 0.1) is 6.92 Å². The third-order valence-corrected chi connectivity index (χ3v) is 5.00. The number of aryl methyl sites for hydroxylation is 1. The summed E-state index contributed by atoms with van der Waals surface area (Å²) in [7, 11) is -2.90. The molecule has 1 aromatic carbocycles. The molecule has 1 aromatic rings. The molecule has 5 nitrogen and oxygen atoms in total. The fourth-order valence-electron chi connectivity index (χ4n) is 1.94. The summed E-state index contributed by atoms with van der Waals surface area (Å²) >= 11 is 5.07. The first kappa shape index (κ1) is 14.9. The van der Waals surface area contributed by atoms with Gasteiger partial charge in [-0.15, -0.1) is 0 Å². The highest BCUT2D eigenvalue weighted by Gasteiger charge is 2.27. The summed E-state index contributed by atoms with van der Waals surface area (Å²) < 4.78 is 22.6. The second-order valence-electron chi connectivity index (χ2n) is 4.85. The van der Waals surface area contributed by atoms with E-state index in [1.54, 1.807) is 6.21 Å². The first-order valence-corrected chi connectivity index (χ1v) is 8.54. The van der Waals surface area contributed by atoms with Gasteiger partial charge in [-0.1, -0.05) is 29.8 Å². The molecule has 0 aromatic heterocycles. The number of rotatable bonds is 3. The summed E-state index contributed by atoms with van der Waals surface area (Å²) in [5.41, 5.74) is 4.85. The SMILES string of the molecule is Cc1ccc(/C=N\NC(=S)N[C@H]2CCS(=O)(=O)C2)cc1. The average Bonchev–Trinajstić information content (AvgIpc) is 2.71. The first-order chi connectivity index (χ1) is 9.44. The Kier molecular flexibility index (Phi) is 4.72. The second-order valence-corrected chi connectivity index (χ2v) is 7.49. The van der Waals surface area contributed by atoms with Crippen molar-refractivity contribution < 1.29 is 8.42 Å². The lowest BCUT2D eigenvalue weighted by molar-refractivity contribution is 0.600. The zero-order valence-corrected chi connectivity index (χ0v) is 12.8. The first-order valence-electron chi connectivity index (χ1n) is 6.31. The van der Waals surface area contributed by atoms with Crippen LogP contribution in [-0.2, 0) is 9.84 Å². The van der Waals surface area contributed by atoms with Crippen LogP contribution in [0.5, 0.6) is 0 Å². The normalized spacial score (nSPS) is 20.9. The Bertz CT molecular complexity index is 609. The maximum atomic E-state index is 11.3. The van der Waals surface area contributed by atoms with Crippen LogP contribution in [0.15, 0.2) is 29.4 Å². The molecule has 2 N–H and O–H groups in total. The topological polar surface area (TPSA) is 70.6 Å². The van der Waals surface area contributed by atoms with Gasteiger partial charge in [0.1, 0.15) is 0 Å². The molecule has 0 radical (unpaired) electrons. The predicted molar refractivity (Wildman–Crippen MR) is 84.7 cm³/mol. The molecule has 7 heteroatoms. The maximum Gasteiger partial charge on any atom is 0.187 e. The van der Waals surface area contributed by atoms with Crippen LogP contribution in [0.4, 0.5) is 0 Å². The molecule has 1 atom stereocenters. The van der Waals surface area contributed by atoms with Crippen LogP contribution in [0.2, 0.25) is 0 Å². The van der Waals surface area contributed by atoms with Crippen molar-refractivity contribution in [2.75, 3.05) is 11.5 Å². The van der Waals surface area contributed by atoms with Gasteiger partial charge in [0.2, 0.25) is 0 Å². The van der Waals surface area contributed by atoms with Crippen LogP contribution in [0.25, 0.3) is 0 Å². The van der Waals surface area contributed by atoms with Gasteiger partial charge in [0.25, 0.3) is 0 Å². The Balaban J connectivity index is 1.79. The lowest BCUT2D eigenvalue weighted by Gasteiger charge is -2.11. The summed E-state index contributed by atoms with van der Waals surface area (Å²) in [6.07, 6.45) is 2.25. The van der Waals surface area contributed by atoms with Gasteiger partial charge in [-0.25, -0.2) is 8.42 Å². The molecule has 2 rings (SSSR count). The number of hydrogen-bond acceptors (Lipinski definition) is 4. The molecule has 0 amide bonds. The Morgan fingerprint density at radius 2 is 2.10 bits per heavy atom. The number of hydrogen-bond donors (Lipinski definition) is 2. The number of thiocarbonyl (C=S) groups is 1. The van der Waals surface area contributed by atoms with E-state index in [-0.39, 0.29) is 17.5 Å². The average molecular weight is 311 g/mol. The van der Waals surface area contributed by atoms with Crippen molar-refractivity contribution in [3.05, 3.63) is 35.4 Å². The van der Waals surface area contributed by atoms with Gasteiger partial charge < -0.3 is 5.32 Å². The summed E-state index contributed by atoms with van der Waals surface area (Å²) in [5.74, 6) is 0.358. The van der Waals surface area contributed by atoms with E-state index in [4.69, 9.17) is 12.2 Å². The fourth-order valence-corrected chi connectivity index (χ4v) is 3.84. The van der Waals surface area contributed by atoms with Crippen LogP contribution < -0.4 is 10.7 Å². The quantitative estimate of drug-likeness (QED) is 0.495. The van der Waals surface area contributed by atoms with Crippen LogP contribution in [-0.4, -0.2) is 37.3 Å². The summed E-state index contributed by atoms with van der Waals surface area (Å²) in [5, 5.41) is 7.32. The van der Waals surface area contributed by atoms with Crippen molar-refractivity contribution in [3.63, 3.8) is 0 Å². The predicted octanol–water partition coefficient (Wildman–Crippen LogP) is 0.980.